The van der Waals surface area contributed by atoms with Gasteiger partial charge in [0.05, 0.1) is 0 Å². The van der Waals surface area contributed by atoms with Gasteiger partial charge in [0.2, 0.25) is 5.91 Å². The number of pyridine rings is 2. The van der Waals surface area contributed by atoms with E-state index in [1.54, 1.807) is 30.9 Å². The molecule has 0 saturated carbocycles. The minimum absolute atomic E-state index is 0.0734. The summed E-state index contributed by atoms with van der Waals surface area (Å²) in [6, 6.07) is 11.8. The zero-order valence-corrected chi connectivity index (χ0v) is 16.6. The van der Waals surface area contributed by atoms with Crippen LogP contribution in [0.5, 0.6) is 0 Å². The SMILES string of the molecule is NC(=O)C(CCc1cccnc1)(NCCc1cccnc1)c1c(F)cccc1Cl. The summed E-state index contributed by atoms with van der Waals surface area (Å²) in [5.41, 5.74) is 6.35. The van der Waals surface area contributed by atoms with Gasteiger partial charge >= 0.3 is 0 Å². The van der Waals surface area contributed by atoms with Crippen molar-refractivity contribution in [2.45, 2.75) is 24.8 Å². The highest BCUT2D eigenvalue weighted by molar-refractivity contribution is 6.31. The minimum Gasteiger partial charge on any atom is -0.368 e. The maximum Gasteiger partial charge on any atom is 0.242 e. The van der Waals surface area contributed by atoms with Crippen LogP contribution in [0.25, 0.3) is 0 Å². The monoisotopic (exact) mass is 412 g/mol. The van der Waals surface area contributed by atoms with Gasteiger partial charge < -0.3 is 5.73 Å². The molecule has 0 aliphatic rings. The summed E-state index contributed by atoms with van der Waals surface area (Å²) in [4.78, 5) is 20.9. The van der Waals surface area contributed by atoms with E-state index >= 15 is 0 Å². The smallest absolute Gasteiger partial charge is 0.242 e. The first-order valence-corrected chi connectivity index (χ1v) is 9.68. The number of nitrogens with zero attached hydrogens (tertiary/aromatic N) is 2. The maximum atomic E-state index is 14.8. The fraction of sp³-hybridized carbons (Fsp3) is 0.227. The number of amides is 1. The molecule has 2 aromatic heterocycles. The van der Waals surface area contributed by atoms with Gasteiger partial charge in [0.25, 0.3) is 0 Å². The van der Waals surface area contributed by atoms with Gasteiger partial charge in [-0.3, -0.25) is 20.1 Å². The largest absolute Gasteiger partial charge is 0.368 e. The van der Waals surface area contributed by atoms with Crippen molar-refractivity contribution in [2.75, 3.05) is 6.54 Å². The third kappa shape index (κ3) is 4.96. The highest BCUT2D eigenvalue weighted by Gasteiger charge is 2.41. The quantitative estimate of drug-likeness (QED) is 0.564. The molecule has 0 saturated heterocycles. The first kappa shape index (κ1) is 20.9. The maximum absolute atomic E-state index is 14.8. The van der Waals surface area contributed by atoms with E-state index < -0.39 is 17.3 Å². The number of benzene rings is 1. The summed E-state index contributed by atoms with van der Waals surface area (Å²) in [6.45, 7) is 0.395. The third-order valence-electron chi connectivity index (χ3n) is 4.88. The van der Waals surface area contributed by atoms with E-state index in [9.17, 15) is 9.18 Å². The first-order valence-electron chi connectivity index (χ1n) is 9.30. The van der Waals surface area contributed by atoms with Crippen LogP contribution in [0, 0.1) is 5.82 Å². The molecule has 29 heavy (non-hydrogen) atoms. The molecule has 1 amide bonds. The van der Waals surface area contributed by atoms with E-state index in [0.717, 1.165) is 11.1 Å². The molecule has 1 atom stereocenters. The van der Waals surface area contributed by atoms with Gasteiger partial charge in [0.1, 0.15) is 11.4 Å². The molecule has 150 valence electrons. The number of nitrogens with one attached hydrogen (secondary N) is 1. The Labute approximate surface area is 174 Å². The number of aryl methyl sites for hydroxylation is 1. The van der Waals surface area contributed by atoms with Crippen LogP contribution in [0.2, 0.25) is 5.02 Å². The molecule has 0 radical (unpaired) electrons. The van der Waals surface area contributed by atoms with Crippen LogP contribution < -0.4 is 11.1 Å². The Bertz CT molecular complexity index is 935. The van der Waals surface area contributed by atoms with Crippen molar-refractivity contribution in [1.29, 1.82) is 0 Å². The standard InChI is InChI=1S/C22H22ClFN4O/c23-18-6-1-7-19(24)20(18)22(21(25)29,10-8-16-4-2-11-26-14-16)28-13-9-17-5-3-12-27-15-17/h1-7,11-12,14-15,28H,8-10,13H2,(H2,25,29). The summed E-state index contributed by atoms with van der Waals surface area (Å²) in [5, 5.41) is 3.36. The zero-order valence-electron chi connectivity index (χ0n) is 15.8. The number of aromatic nitrogens is 2. The lowest BCUT2D eigenvalue weighted by Crippen LogP contribution is -2.54. The molecule has 1 unspecified atom stereocenters. The molecule has 3 aromatic rings. The summed E-state index contributed by atoms with van der Waals surface area (Å²) in [7, 11) is 0. The highest BCUT2D eigenvalue weighted by atomic mass is 35.5. The van der Waals surface area contributed by atoms with E-state index in [2.05, 4.69) is 15.3 Å². The van der Waals surface area contributed by atoms with Crippen molar-refractivity contribution in [1.82, 2.24) is 15.3 Å². The summed E-state index contributed by atoms with van der Waals surface area (Å²) in [5.74, 6) is -1.25. The van der Waals surface area contributed by atoms with E-state index in [4.69, 9.17) is 17.3 Å². The Kier molecular flexibility index (Phi) is 6.90. The van der Waals surface area contributed by atoms with E-state index in [1.165, 1.54) is 12.1 Å². The van der Waals surface area contributed by atoms with Crippen LogP contribution in [-0.4, -0.2) is 22.4 Å². The third-order valence-corrected chi connectivity index (χ3v) is 5.20. The Hall–Kier alpha value is -2.83. The number of hydrogen-bond donors (Lipinski definition) is 2. The average molecular weight is 413 g/mol. The fourth-order valence-corrected chi connectivity index (χ4v) is 3.71. The van der Waals surface area contributed by atoms with Gasteiger partial charge in [-0.15, -0.1) is 0 Å². The lowest BCUT2D eigenvalue weighted by Gasteiger charge is -2.33. The second-order valence-corrected chi connectivity index (χ2v) is 7.17. The minimum atomic E-state index is -1.46. The van der Waals surface area contributed by atoms with Crippen LogP contribution in [-0.2, 0) is 23.2 Å². The second kappa shape index (κ2) is 9.58. The number of nitrogens with two attached hydrogens (primary N) is 1. The molecule has 1 aromatic carbocycles. The van der Waals surface area contributed by atoms with Crippen LogP contribution >= 0.6 is 11.6 Å². The molecule has 0 aliphatic carbocycles. The zero-order chi connectivity index (χ0) is 20.7. The fourth-order valence-electron chi connectivity index (χ4n) is 3.38. The number of carbonyl (C=O) groups excluding carboxylic acids is 1. The lowest BCUT2D eigenvalue weighted by molar-refractivity contribution is -0.125. The molecule has 0 spiro atoms. The van der Waals surface area contributed by atoms with Crippen LogP contribution in [0.4, 0.5) is 4.39 Å². The topological polar surface area (TPSA) is 80.9 Å². The molecule has 7 heteroatoms. The molecule has 3 N–H and O–H groups in total. The van der Waals surface area contributed by atoms with Crippen molar-refractivity contribution < 1.29 is 9.18 Å². The molecular weight excluding hydrogens is 391 g/mol. The van der Waals surface area contributed by atoms with Crippen molar-refractivity contribution in [3.8, 4) is 0 Å². The van der Waals surface area contributed by atoms with Crippen molar-refractivity contribution >= 4 is 17.5 Å². The number of hydrogen-bond acceptors (Lipinski definition) is 4. The summed E-state index contributed by atoms with van der Waals surface area (Å²) < 4.78 is 14.8. The van der Waals surface area contributed by atoms with Crippen LogP contribution in [0.1, 0.15) is 23.1 Å². The van der Waals surface area contributed by atoms with Crippen LogP contribution in [0.3, 0.4) is 0 Å². The molecule has 5 nitrogen and oxygen atoms in total. The summed E-state index contributed by atoms with van der Waals surface area (Å²) in [6.07, 6.45) is 8.14. The van der Waals surface area contributed by atoms with Crippen LogP contribution in [0.15, 0.2) is 67.3 Å². The van der Waals surface area contributed by atoms with Crippen molar-refractivity contribution in [2.24, 2.45) is 5.73 Å². The Morgan fingerprint density at radius 3 is 2.24 bits per heavy atom. The number of primary amides is 1. The van der Waals surface area contributed by atoms with Gasteiger partial charge in [-0.05, 0) is 54.7 Å². The van der Waals surface area contributed by atoms with Gasteiger partial charge in [-0.25, -0.2) is 4.39 Å². The van der Waals surface area contributed by atoms with Crippen molar-refractivity contribution in [3.63, 3.8) is 0 Å². The normalized spacial score (nSPS) is 13.0. The second-order valence-electron chi connectivity index (χ2n) is 6.77. The van der Waals surface area contributed by atoms with Gasteiger partial charge in [-0.2, -0.15) is 0 Å². The molecule has 0 aliphatic heterocycles. The van der Waals surface area contributed by atoms with Gasteiger partial charge in [0, 0.05) is 41.9 Å². The number of rotatable bonds is 9. The number of carbonyl (C=O) groups is 1. The van der Waals surface area contributed by atoms with E-state index in [1.807, 2.05) is 24.3 Å². The predicted molar refractivity (Wildman–Crippen MR) is 111 cm³/mol. The van der Waals surface area contributed by atoms with E-state index in [-0.39, 0.29) is 17.0 Å². The Balaban J connectivity index is 1.92. The van der Waals surface area contributed by atoms with E-state index in [0.29, 0.717) is 19.4 Å². The molecule has 0 fully saturated rings. The van der Waals surface area contributed by atoms with Crippen molar-refractivity contribution in [3.05, 3.63) is 94.8 Å². The number of halogens is 2. The predicted octanol–water partition coefficient (Wildman–Crippen LogP) is 3.41. The van der Waals surface area contributed by atoms with Gasteiger partial charge in [0.15, 0.2) is 0 Å². The molecule has 0 bridgehead atoms. The van der Waals surface area contributed by atoms with Gasteiger partial charge in [-0.1, -0.05) is 29.8 Å². The average Bonchev–Trinajstić information content (AvgIpc) is 2.72. The summed E-state index contributed by atoms with van der Waals surface area (Å²) >= 11 is 6.33. The Morgan fingerprint density at radius 1 is 1.03 bits per heavy atom. The Morgan fingerprint density at radius 2 is 1.69 bits per heavy atom. The molecule has 3 rings (SSSR count). The lowest BCUT2D eigenvalue weighted by atomic mass is 9.82. The highest BCUT2D eigenvalue weighted by Crippen LogP contribution is 2.34. The molecular formula is C22H22ClFN4O. The first-order chi connectivity index (χ1) is 14.0. The molecule has 2 heterocycles.